The van der Waals surface area contributed by atoms with Crippen molar-refractivity contribution in [1.29, 1.82) is 0 Å². The van der Waals surface area contributed by atoms with Crippen LogP contribution in [0.2, 0.25) is 0 Å². The first-order valence-corrected chi connectivity index (χ1v) is 5.11. The number of carbonyl (C=O) groups excluding carboxylic acids is 2. The lowest BCUT2D eigenvalue weighted by Crippen LogP contribution is -2.39. The molecule has 13 heavy (non-hydrogen) atoms. The Bertz CT molecular complexity index is 197. The number of nitrogens with one attached hydrogen (secondary N) is 1. The van der Waals surface area contributed by atoms with Crippen LogP contribution in [0.15, 0.2) is 0 Å². The molecule has 3 N–H and O–H groups in total. The lowest BCUT2D eigenvalue weighted by Gasteiger charge is -2.14. The molecule has 5 heteroatoms. The summed E-state index contributed by atoms with van der Waals surface area (Å²) in [5.74, 6) is -0.508. The van der Waals surface area contributed by atoms with Gasteiger partial charge in [0, 0.05) is 12.5 Å². The Morgan fingerprint density at radius 2 is 2.08 bits per heavy atom. The van der Waals surface area contributed by atoms with Gasteiger partial charge in [-0.3, -0.25) is 9.59 Å². The second-order valence-corrected chi connectivity index (χ2v) is 4.06. The number of rotatable bonds is 5. The first-order valence-electron chi connectivity index (χ1n) is 4.20. The zero-order valence-corrected chi connectivity index (χ0v) is 9.43. The van der Waals surface area contributed by atoms with Gasteiger partial charge in [-0.1, -0.05) is 22.9 Å². The average Bonchev–Trinajstić information content (AvgIpc) is 2.01. The lowest BCUT2D eigenvalue weighted by molar-refractivity contribution is -0.121. The molecule has 0 aliphatic carbocycles. The van der Waals surface area contributed by atoms with E-state index in [9.17, 15) is 9.59 Å². The van der Waals surface area contributed by atoms with Crippen molar-refractivity contribution in [2.45, 2.75) is 37.6 Å². The van der Waals surface area contributed by atoms with Gasteiger partial charge in [-0.05, 0) is 13.3 Å². The quantitative estimate of drug-likeness (QED) is 0.700. The normalized spacial score (nSPS) is 14.7. The van der Waals surface area contributed by atoms with Crippen LogP contribution in [-0.4, -0.2) is 22.7 Å². The molecule has 0 rings (SSSR count). The molecule has 0 aromatic carbocycles. The van der Waals surface area contributed by atoms with E-state index in [1.54, 1.807) is 6.92 Å². The van der Waals surface area contributed by atoms with E-state index in [0.29, 0.717) is 0 Å². The molecule has 4 nitrogen and oxygen atoms in total. The van der Waals surface area contributed by atoms with Crippen LogP contribution in [0.3, 0.4) is 0 Å². The van der Waals surface area contributed by atoms with Crippen molar-refractivity contribution in [2.24, 2.45) is 5.73 Å². The first-order chi connectivity index (χ1) is 5.97. The number of primary amides is 1. The number of halogens is 1. The summed E-state index contributed by atoms with van der Waals surface area (Å²) in [5.41, 5.74) is 4.98. The molecule has 0 fully saturated rings. The molecule has 0 aliphatic rings. The molecule has 2 atom stereocenters. The van der Waals surface area contributed by atoms with E-state index in [0.717, 1.165) is 6.42 Å². The molecular formula is C8H15BrN2O2. The molecule has 0 aliphatic heterocycles. The minimum absolute atomic E-state index is 0.101. The average molecular weight is 251 g/mol. The fourth-order valence-corrected chi connectivity index (χ4v) is 1.00. The SMILES string of the molecule is CCC(Br)C(=O)NC(C)CC(N)=O. The number of hydrogen-bond acceptors (Lipinski definition) is 2. The topological polar surface area (TPSA) is 72.2 Å². The second-order valence-electron chi connectivity index (χ2n) is 2.96. The van der Waals surface area contributed by atoms with Gasteiger partial charge in [0.1, 0.15) is 0 Å². The van der Waals surface area contributed by atoms with Gasteiger partial charge in [0.25, 0.3) is 0 Å². The lowest BCUT2D eigenvalue weighted by atomic mass is 10.2. The van der Waals surface area contributed by atoms with E-state index in [1.807, 2.05) is 6.92 Å². The van der Waals surface area contributed by atoms with E-state index >= 15 is 0 Å². The maximum absolute atomic E-state index is 11.3. The predicted molar refractivity (Wildman–Crippen MR) is 54.4 cm³/mol. The van der Waals surface area contributed by atoms with Gasteiger partial charge in [-0.15, -0.1) is 0 Å². The van der Waals surface area contributed by atoms with Crippen LogP contribution in [0.1, 0.15) is 26.7 Å². The Balaban J connectivity index is 3.84. The Hall–Kier alpha value is -0.580. The van der Waals surface area contributed by atoms with Gasteiger partial charge >= 0.3 is 0 Å². The Kier molecular flexibility index (Phi) is 5.70. The summed E-state index contributed by atoms with van der Waals surface area (Å²) in [6.45, 7) is 3.65. The smallest absolute Gasteiger partial charge is 0.233 e. The molecule has 0 bridgehead atoms. The molecule has 0 aromatic heterocycles. The number of nitrogens with two attached hydrogens (primary N) is 1. The summed E-state index contributed by atoms with van der Waals surface area (Å²) in [6.07, 6.45) is 0.893. The first kappa shape index (κ1) is 12.4. The standard InChI is InChI=1S/C8H15BrN2O2/c1-3-6(9)8(13)11-5(2)4-7(10)12/h5-6H,3-4H2,1-2H3,(H2,10,12)(H,11,13). The van der Waals surface area contributed by atoms with Crippen LogP contribution in [0.4, 0.5) is 0 Å². The molecule has 0 spiro atoms. The molecule has 0 radical (unpaired) electrons. The molecule has 76 valence electrons. The molecular weight excluding hydrogens is 236 g/mol. The number of hydrogen-bond donors (Lipinski definition) is 2. The van der Waals surface area contributed by atoms with Crippen LogP contribution in [0.25, 0.3) is 0 Å². The van der Waals surface area contributed by atoms with Crippen LogP contribution in [0.5, 0.6) is 0 Å². The summed E-state index contributed by atoms with van der Waals surface area (Å²) >= 11 is 3.21. The van der Waals surface area contributed by atoms with E-state index in [4.69, 9.17) is 5.73 Å². The van der Waals surface area contributed by atoms with Crippen LogP contribution >= 0.6 is 15.9 Å². The Labute approximate surface area is 86.4 Å². The third-order valence-corrected chi connectivity index (χ3v) is 2.60. The van der Waals surface area contributed by atoms with Crippen LogP contribution < -0.4 is 11.1 Å². The molecule has 0 saturated heterocycles. The third-order valence-electron chi connectivity index (χ3n) is 1.54. The highest BCUT2D eigenvalue weighted by atomic mass is 79.9. The second kappa shape index (κ2) is 5.96. The Morgan fingerprint density at radius 3 is 2.46 bits per heavy atom. The van der Waals surface area contributed by atoms with E-state index in [-0.39, 0.29) is 23.2 Å². The summed E-state index contributed by atoms with van der Waals surface area (Å²) in [4.78, 5) is 21.6. The monoisotopic (exact) mass is 250 g/mol. The fraction of sp³-hybridized carbons (Fsp3) is 0.750. The largest absolute Gasteiger partial charge is 0.370 e. The fourth-order valence-electron chi connectivity index (χ4n) is 0.871. The van der Waals surface area contributed by atoms with Gasteiger partial charge < -0.3 is 11.1 Å². The zero-order valence-electron chi connectivity index (χ0n) is 7.84. The van der Waals surface area contributed by atoms with E-state index < -0.39 is 5.91 Å². The maximum Gasteiger partial charge on any atom is 0.233 e. The van der Waals surface area contributed by atoms with Gasteiger partial charge in [0.15, 0.2) is 0 Å². The molecule has 0 aromatic rings. The summed E-state index contributed by atoms with van der Waals surface area (Å²) in [6, 6.07) is -0.198. The highest BCUT2D eigenvalue weighted by Gasteiger charge is 2.15. The number of carbonyl (C=O) groups is 2. The van der Waals surface area contributed by atoms with Crippen LogP contribution in [-0.2, 0) is 9.59 Å². The van der Waals surface area contributed by atoms with E-state index in [1.165, 1.54) is 0 Å². The zero-order chi connectivity index (χ0) is 10.4. The van der Waals surface area contributed by atoms with Crippen molar-refractivity contribution in [2.75, 3.05) is 0 Å². The van der Waals surface area contributed by atoms with Gasteiger partial charge in [-0.2, -0.15) is 0 Å². The van der Waals surface area contributed by atoms with Crippen molar-refractivity contribution in [3.63, 3.8) is 0 Å². The Morgan fingerprint density at radius 1 is 1.54 bits per heavy atom. The molecule has 0 saturated carbocycles. The van der Waals surface area contributed by atoms with Crippen molar-refractivity contribution < 1.29 is 9.59 Å². The highest BCUT2D eigenvalue weighted by molar-refractivity contribution is 9.10. The molecule has 2 amide bonds. The third kappa shape index (κ3) is 5.63. The number of alkyl halides is 1. The van der Waals surface area contributed by atoms with Gasteiger partial charge in [-0.25, -0.2) is 0 Å². The minimum Gasteiger partial charge on any atom is -0.370 e. The van der Waals surface area contributed by atoms with Crippen molar-refractivity contribution >= 4 is 27.7 Å². The van der Waals surface area contributed by atoms with Crippen LogP contribution in [0, 0.1) is 0 Å². The summed E-state index contributed by atoms with van der Waals surface area (Å²) < 4.78 is 0. The van der Waals surface area contributed by atoms with Crippen molar-refractivity contribution in [1.82, 2.24) is 5.32 Å². The molecule has 2 unspecified atom stereocenters. The van der Waals surface area contributed by atoms with E-state index in [2.05, 4.69) is 21.2 Å². The van der Waals surface area contributed by atoms with Gasteiger partial charge in [0.05, 0.1) is 4.83 Å². The molecule has 0 heterocycles. The van der Waals surface area contributed by atoms with Crippen molar-refractivity contribution in [3.05, 3.63) is 0 Å². The van der Waals surface area contributed by atoms with Crippen molar-refractivity contribution in [3.8, 4) is 0 Å². The predicted octanol–water partition coefficient (Wildman–Crippen LogP) is 0.540. The minimum atomic E-state index is -0.407. The summed E-state index contributed by atoms with van der Waals surface area (Å²) in [7, 11) is 0. The number of amides is 2. The highest BCUT2D eigenvalue weighted by Crippen LogP contribution is 2.04. The van der Waals surface area contributed by atoms with Gasteiger partial charge in [0.2, 0.25) is 11.8 Å². The summed E-state index contributed by atoms with van der Waals surface area (Å²) in [5, 5.41) is 2.68. The maximum atomic E-state index is 11.3.